The lowest BCUT2D eigenvalue weighted by molar-refractivity contribution is -0.146. The van der Waals surface area contributed by atoms with Gasteiger partial charge >= 0.3 is 5.97 Å². The van der Waals surface area contributed by atoms with E-state index >= 15 is 0 Å². The molecule has 0 amide bonds. The number of nitrogens with one attached hydrogen (secondary N) is 1. The van der Waals surface area contributed by atoms with E-state index in [9.17, 15) is 4.79 Å². The molecule has 0 aliphatic carbocycles. The van der Waals surface area contributed by atoms with Crippen molar-refractivity contribution in [2.45, 2.75) is 26.3 Å². The summed E-state index contributed by atoms with van der Waals surface area (Å²) < 4.78 is 10.4. The van der Waals surface area contributed by atoms with Crippen LogP contribution in [-0.2, 0) is 16.1 Å². The number of rotatable bonds is 5. The van der Waals surface area contributed by atoms with E-state index < -0.39 is 0 Å². The van der Waals surface area contributed by atoms with Crippen LogP contribution in [0.5, 0.6) is 5.75 Å². The Morgan fingerprint density at radius 3 is 2.68 bits per heavy atom. The lowest BCUT2D eigenvalue weighted by Crippen LogP contribution is -2.46. The van der Waals surface area contributed by atoms with Crippen molar-refractivity contribution < 1.29 is 14.3 Å². The second-order valence-corrected chi connectivity index (χ2v) is 5.77. The summed E-state index contributed by atoms with van der Waals surface area (Å²) in [5, 5.41) is 3.39. The molecule has 25 heavy (non-hydrogen) atoms. The maximum absolute atomic E-state index is 11.6. The quantitative estimate of drug-likeness (QED) is 0.316. The lowest BCUT2D eigenvalue weighted by atomic mass is 9.97. The van der Waals surface area contributed by atoms with Crippen LogP contribution in [0.15, 0.2) is 29.3 Å². The van der Waals surface area contributed by atoms with Gasteiger partial charge in [0.2, 0.25) is 0 Å². The van der Waals surface area contributed by atoms with Crippen molar-refractivity contribution in [1.82, 2.24) is 10.2 Å². The van der Waals surface area contributed by atoms with E-state index in [2.05, 4.69) is 21.3 Å². The molecule has 1 aliphatic rings. The molecule has 0 radical (unpaired) electrons. The van der Waals surface area contributed by atoms with E-state index in [1.165, 1.54) is 7.11 Å². The highest BCUT2D eigenvalue weighted by atomic mass is 127. The van der Waals surface area contributed by atoms with Crippen molar-refractivity contribution in [2.75, 3.05) is 33.9 Å². The van der Waals surface area contributed by atoms with Gasteiger partial charge in [-0.25, -0.2) is 0 Å². The number of likely N-dealkylation sites (tertiary alicyclic amines) is 1. The molecule has 7 heteroatoms. The van der Waals surface area contributed by atoms with Gasteiger partial charge in [-0.2, -0.15) is 0 Å². The minimum absolute atomic E-state index is 0. The molecule has 0 atom stereocenters. The number of hydrogen-bond donors (Lipinski definition) is 1. The highest BCUT2D eigenvalue weighted by Gasteiger charge is 2.26. The molecule has 1 heterocycles. The Bertz CT molecular complexity index is 572. The average Bonchev–Trinajstić information content (AvgIpc) is 2.63. The van der Waals surface area contributed by atoms with Crippen molar-refractivity contribution in [2.24, 2.45) is 10.9 Å². The maximum atomic E-state index is 11.6. The smallest absolute Gasteiger partial charge is 0.308 e. The number of carbonyl (C=O) groups is 1. The first-order valence-electron chi connectivity index (χ1n) is 8.43. The van der Waals surface area contributed by atoms with Crippen LogP contribution >= 0.6 is 24.0 Å². The van der Waals surface area contributed by atoms with Crippen LogP contribution in [0, 0.1) is 5.92 Å². The number of methoxy groups -OCH3 is 1. The Morgan fingerprint density at radius 1 is 1.36 bits per heavy atom. The number of aliphatic imine (C=N–C) groups is 1. The van der Waals surface area contributed by atoms with Gasteiger partial charge in [0.25, 0.3) is 0 Å². The van der Waals surface area contributed by atoms with Crippen molar-refractivity contribution in [1.29, 1.82) is 0 Å². The normalized spacial score (nSPS) is 15.3. The summed E-state index contributed by atoms with van der Waals surface area (Å²) in [6, 6.07) is 8.05. The first-order valence-corrected chi connectivity index (χ1v) is 8.43. The number of piperidine rings is 1. The van der Waals surface area contributed by atoms with Gasteiger partial charge in [-0.1, -0.05) is 12.1 Å². The Hall–Kier alpha value is -1.51. The molecule has 1 N–H and O–H groups in total. The number of benzene rings is 1. The van der Waals surface area contributed by atoms with E-state index in [0.29, 0.717) is 13.2 Å². The van der Waals surface area contributed by atoms with Crippen LogP contribution in [0.25, 0.3) is 0 Å². The summed E-state index contributed by atoms with van der Waals surface area (Å²) in [5.74, 6) is 1.64. The van der Waals surface area contributed by atoms with E-state index in [0.717, 1.165) is 43.2 Å². The first-order chi connectivity index (χ1) is 11.7. The third-order valence-corrected chi connectivity index (χ3v) is 4.20. The molecule has 1 fully saturated rings. The van der Waals surface area contributed by atoms with Gasteiger partial charge in [0.05, 0.1) is 19.6 Å². The van der Waals surface area contributed by atoms with Gasteiger partial charge in [-0.05, 0) is 37.5 Å². The zero-order chi connectivity index (χ0) is 17.4. The third kappa shape index (κ3) is 6.37. The SMILES string of the molecule is CCOc1cccc(CNC(=NC)N2CCC(C(=O)OC)CC2)c1.I. The van der Waals surface area contributed by atoms with Gasteiger partial charge in [-0.15, -0.1) is 24.0 Å². The van der Waals surface area contributed by atoms with Gasteiger partial charge in [0, 0.05) is 26.7 Å². The fourth-order valence-electron chi connectivity index (χ4n) is 2.92. The number of esters is 1. The summed E-state index contributed by atoms with van der Waals surface area (Å²) in [6.45, 7) is 4.93. The van der Waals surface area contributed by atoms with E-state index in [-0.39, 0.29) is 35.9 Å². The van der Waals surface area contributed by atoms with Crippen LogP contribution in [0.1, 0.15) is 25.3 Å². The average molecular weight is 461 g/mol. The molecule has 1 saturated heterocycles. The molecule has 6 nitrogen and oxygen atoms in total. The second kappa shape index (κ2) is 11.2. The Morgan fingerprint density at radius 2 is 2.08 bits per heavy atom. The highest BCUT2D eigenvalue weighted by Crippen LogP contribution is 2.19. The fraction of sp³-hybridized carbons (Fsp3) is 0.556. The Balaban J connectivity index is 0.00000312. The number of ether oxygens (including phenoxy) is 2. The van der Waals surface area contributed by atoms with Crippen LogP contribution in [0.4, 0.5) is 0 Å². The van der Waals surface area contributed by atoms with E-state index in [4.69, 9.17) is 9.47 Å². The van der Waals surface area contributed by atoms with Gasteiger partial charge < -0.3 is 19.7 Å². The van der Waals surface area contributed by atoms with Crippen molar-refractivity contribution in [3.05, 3.63) is 29.8 Å². The molecular weight excluding hydrogens is 433 g/mol. The van der Waals surface area contributed by atoms with Gasteiger partial charge in [0.15, 0.2) is 5.96 Å². The van der Waals surface area contributed by atoms with Gasteiger partial charge in [0.1, 0.15) is 5.75 Å². The highest BCUT2D eigenvalue weighted by molar-refractivity contribution is 14.0. The summed E-state index contributed by atoms with van der Waals surface area (Å²) >= 11 is 0. The minimum atomic E-state index is -0.106. The topological polar surface area (TPSA) is 63.2 Å². The molecule has 0 saturated carbocycles. The molecule has 0 spiro atoms. The van der Waals surface area contributed by atoms with Crippen molar-refractivity contribution in [3.63, 3.8) is 0 Å². The lowest BCUT2D eigenvalue weighted by Gasteiger charge is -2.33. The number of carbonyl (C=O) groups excluding carboxylic acids is 1. The summed E-state index contributed by atoms with van der Waals surface area (Å²) in [5.41, 5.74) is 1.14. The minimum Gasteiger partial charge on any atom is -0.494 e. The summed E-state index contributed by atoms with van der Waals surface area (Å²) in [4.78, 5) is 18.2. The zero-order valence-corrected chi connectivity index (χ0v) is 17.5. The number of halogens is 1. The molecule has 0 bridgehead atoms. The molecule has 1 aromatic carbocycles. The molecule has 0 unspecified atom stereocenters. The van der Waals surface area contributed by atoms with Gasteiger partial charge in [-0.3, -0.25) is 9.79 Å². The number of guanidine groups is 1. The molecule has 140 valence electrons. The Kier molecular flexibility index (Phi) is 9.62. The van der Waals surface area contributed by atoms with Crippen molar-refractivity contribution >= 4 is 35.9 Å². The summed E-state index contributed by atoms with van der Waals surface area (Å²) in [6.07, 6.45) is 1.60. The predicted octanol–water partition coefficient (Wildman–Crippen LogP) is 2.66. The van der Waals surface area contributed by atoms with Crippen LogP contribution in [0.2, 0.25) is 0 Å². The largest absolute Gasteiger partial charge is 0.494 e. The predicted molar refractivity (Wildman–Crippen MR) is 110 cm³/mol. The van der Waals surface area contributed by atoms with Crippen LogP contribution in [-0.4, -0.2) is 50.7 Å². The van der Waals surface area contributed by atoms with Crippen molar-refractivity contribution in [3.8, 4) is 5.75 Å². The third-order valence-electron chi connectivity index (χ3n) is 4.20. The zero-order valence-electron chi connectivity index (χ0n) is 15.2. The molecule has 0 aromatic heterocycles. The second-order valence-electron chi connectivity index (χ2n) is 5.77. The first kappa shape index (κ1) is 21.5. The molecular formula is C18H28IN3O3. The fourth-order valence-corrected chi connectivity index (χ4v) is 2.92. The van der Waals surface area contributed by atoms with E-state index in [1.54, 1.807) is 7.05 Å². The number of nitrogens with zero attached hydrogens (tertiary/aromatic N) is 2. The number of hydrogen-bond acceptors (Lipinski definition) is 4. The van der Waals surface area contributed by atoms with Crippen LogP contribution < -0.4 is 10.1 Å². The molecule has 1 aliphatic heterocycles. The molecule has 2 rings (SSSR count). The maximum Gasteiger partial charge on any atom is 0.308 e. The standard InChI is InChI=1S/C18H27N3O3.HI/c1-4-24-16-7-5-6-14(12-16)13-20-18(19-2)21-10-8-15(9-11-21)17(22)23-3;/h5-7,12,15H,4,8-11,13H2,1-3H3,(H,19,20);1H. The Labute approximate surface area is 167 Å². The van der Waals surface area contributed by atoms with E-state index in [1.807, 2.05) is 25.1 Å². The monoisotopic (exact) mass is 461 g/mol. The van der Waals surface area contributed by atoms with Crippen LogP contribution in [0.3, 0.4) is 0 Å². The molecule has 1 aromatic rings. The summed E-state index contributed by atoms with van der Waals surface area (Å²) in [7, 11) is 3.23.